The van der Waals surface area contributed by atoms with Gasteiger partial charge in [-0.2, -0.15) is 0 Å². The highest BCUT2D eigenvalue weighted by Crippen LogP contribution is 2.13. The summed E-state index contributed by atoms with van der Waals surface area (Å²) in [7, 11) is 0. The molecule has 6 heteroatoms. The Kier molecular flexibility index (Phi) is 49.4. The number of unbranched alkanes of at least 4 members (excludes halogenated alkanes) is 22. The Labute approximate surface area is 395 Å². The van der Waals surface area contributed by atoms with E-state index in [1.807, 2.05) is 0 Å². The van der Waals surface area contributed by atoms with Gasteiger partial charge in [-0.15, -0.1) is 0 Å². The van der Waals surface area contributed by atoms with Crippen molar-refractivity contribution in [3.05, 3.63) is 85.1 Å². The molecular formula is C58H98O6. The third kappa shape index (κ3) is 49.6. The first kappa shape index (κ1) is 60.6. The molecule has 6 nitrogen and oxygen atoms in total. The van der Waals surface area contributed by atoms with Gasteiger partial charge < -0.3 is 14.2 Å². The Morgan fingerprint density at radius 2 is 0.594 bits per heavy atom. The molecule has 0 spiro atoms. The second kappa shape index (κ2) is 52.2. The molecule has 0 aromatic rings. The highest BCUT2D eigenvalue weighted by Gasteiger charge is 2.19. The van der Waals surface area contributed by atoms with E-state index in [0.29, 0.717) is 19.3 Å². The maximum Gasteiger partial charge on any atom is 0.306 e. The van der Waals surface area contributed by atoms with Gasteiger partial charge in [-0.1, -0.05) is 202 Å². The number of esters is 3. The molecule has 64 heavy (non-hydrogen) atoms. The van der Waals surface area contributed by atoms with Crippen LogP contribution in [0, 0.1) is 0 Å². The summed E-state index contributed by atoms with van der Waals surface area (Å²) in [6.45, 7) is 6.49. The van der Waals surface area contributed by atoms with Crippen molar-refractivity contribution in [1.82, 2.24) is 0 Å². The van der Waals surface area contributed by atoms with Crippen LogP contribution in [0.4, 0.5) is 0 Å². The van der Waals surface area contributed by atoms with Gasteiger partial charge in [0.05, 0.1) is 0 Å². The van der Waals surface area contributed by atoms with E-state index in [9.17, 15) is 14.4 Å². The molecule has 0 aromatic heterocycles. The number of hydrogen-bond acceptors (Lipinski definition) is 6. The topological polar surface area (TPSA) is 78.9 Å². The number of rotatable bonds is 47. The number of hydrogen-bond donors (Lipinski definition) is 0. The van der Waals surface area contributed by atoms with Crippen molar-refractivity contribution in [2.24, 2.45) is 0 Å². The Balaban J connectivity index is 4.50. The highest BCUT2D eigenvalue weighted by molar-refractivity contribution is 5.71. The Morgan fingerprint density at radius 3 is 1.03 bits per heavy atom. The van der Waals surface area contributed by atoms with E-state index in [-0.39, 0.29) is 37.5 Å². The van der Waals surface area contributed by atoms with Crippen LogP contribution in [-0.2, 0) is 28.6 Å². The Bertz CT molecular complexity index is 1250. The van der Waals surface area contributed by atoms with Crippen LogP contribution < -0.4 is 0 Å². The summed E-state index contributed by atoms with van der Waals surface area (Å²) in [5, 5.41) is 0. The minimum absolute atomic E-state index is 0.103. The number of carbonyl (C=O) groups is 3. The van der Waals surface area contributed by atoms with Crippen molar-refractivity contribution in [3.63, 3.8) is 0 Å². The lowest BCUT2D eigenvalue weighted by molar-refractivity contribution is -0.167. The van der Waals surface area contributed by atoms with E-state index in [4.69, 9.17) is 14.2 Å². The summed E-state index contributed by atoms with van der Waals surface area (Å²) in [5.74, 6) is -0.978. The van der Waals surface area contributed by atoms with Crippen molar-refractivity contribution in [2.75, 3.05) is 13.2 Å². The molecule has 0 rings (SSSR count). The SMILES string of the molecule is CCCC/C=C/C/C=C/CCCCCCCC(=O)OC[C@H](COC(=O)CCC/C=C/C/C=C/C/C=C/C/C=C/CCCCC)OC(=O)CCCCCCCCC/C=C/CCCCCC. The number of ether oxygens (including phenoxy) is 3. The van der Waals surface area contributed by atoms with Crippen LogP contribution in [0.25, 0.3) is 0 Å². The third-order valence-electron chi connectivity index (χ3n) is 11.1. The summed E-state index contributed by atoms with van der Waals surface area (Å²) in [6, 6.07) is 0. The van der Waals surface area contributed by atoms with Crippen LogP contribution in [-0.4, -0.2) is 37.2 Å². The van der Waals surface area contributed by atoms with E-state index in [2.05, 4.69) is 106 Å². The zero-order chi connectivity index (χ0) is 46.5. The fourth-order valence-electron chi connectivity index (χ4n) is 7.03. The molecule has 0 fully saturated rings. The first-order valence-electron chi connectivity index (χ1n) is 26.6. The van der Waals surface area contributed by atoms with E-state index in [0.717, 1.165) is 89.9 Å². The average molecular weight is 891 g/mol. The fourth-order valence-corrected chi connectivity index (χ4v) is 7.03. The summed E-state index contributed by atoms with van der Waals surface area (Å²) in [6.07, 6.45) is 67.1. The molecule has 0 aliphatic heterocycles. The normalized spacial score (nSPS) is 12.7. The molecule has 366 valence electrons. The molecule has 0 saturated heterocycles. The van der Waals surface area contributed by atoms with Crippen molar-refractivity contribution in [2.45, 2.75) is 252 Å². The van der Waals surface area contributed by atoms with E-state index in [1.54, 1.807) is 0 Å². The molecule has 0 unspecified atom stereocenters. The molecule has 0 heterocycles. The van der Waals surface area contributed by atoms with Gasteiger partial charge in [0.2, 0.25) is 0 Å². The molecule has 1 atom stereocenters. The van der Waals surface area contributed by atoms with Gasteiger partial charge in [0.1, 0.15) is 13.2 Å². The van der Waals surface area contributed by atoms with Crippen LogP contribution in [0.3, 0.4) is 0 Å². The maximum absolute atomic E-state index is 12.8. The average Bonchev–Trinajstić information content (AvgIpc) is 3.29. The molecule has 0 radical (unpaired) electrons. The molecular weight excluding hydrogens is 793 g/mol. The zero-order valence-electron chi connectivity index (χ0n) is 41.8. The van der Waals surface area contributed by atoms with Crippen molar-refractivity contribution in [1.29, 1.82) is 0 Å². The predicted molar refractivity (Wildman–Crippen MR) is 274 cm³/mol. The van der Waals surface area contributed by atoms with Gasteiger partial charge >= 0.3 is 17.9 Å². The first-order valence-corrected chi connectivity index (χ1v) is 26.6. The van der Waals surface area contributed by atoms with Crippen LogP contribution in [0.5, 0.6) is 0 Å². The highest BCUT2D eigenvalue weighted by atomic mass is 16.6. The number of allylic oxidation sites excluding steroid dienone is 14. The maximum atomic E-state index is 12.8. The second-order valence-corrected chi connectivity index (χ2v) is 17.4. The number of carbonyl (C=O) groups excluding carboxylic acids is 3. The zero-order valence-corrected chi connectivity index (χ0v) is 41.8. The molecule has 0 N–H and O–H groups in total. The monoisotopic (exact) mass is 891 g/mol. The third-order valence-corrected chi connectivity index (χ3v) is 11.1. The van der Waals surface area contributed by atoms with Gasteiger partial charge in [0.25, 0.3) is 0 Å². The van der Waals surface area contributed by atoms with Gasteiger partial charge in [0, 0.05) is 19.3 Å². The Hall–Kier alpha value is -3.41. The smallest absolute Gasteiger partial charge is 0.306 e. The van der Waals surface area contributed by atoms with E-state index in [1.165, 1.54) is 109 Å². The lowest BCUT2D eigenvalue weighted by Gasteiger charge is -2.18. The lowest BCUT2D eigenvalue weighted by Crippen LogP contribution is -2.30. The summed E-state index contributed by atoms with van der Waals surface area (Å²) < 4.78 is 16.8. The Morgan fingerprint density at radius 1 is 0.312 bits per heavy atom. The molecule has 0 aliphatic carbocycles. The van der Waals surface area contributed by atoms with Crippen LogP contribution in [0.1, 0.15) is 245 Å². The van der Waals surface area contributed by atoms with E-state index >= 15 is 0 Å². The van der Waals surface area contributed by atoms with Crippen LogP contribution in [0.2, 0.25) is 0 Å². The van der Waals surface area contributed by atoms with Gasteiger partial charge in [-0.25, -0.2) is 0 Å². The standard InChI is InChI=1S/C58H98O6/c1-4-7-10-13-16-19-22-25-28-29-31-33-36-39-42-45-48-51-57(60)63-54-55(53-62-56(59)50-47-44-41-38-35-32-27-24-21-18-15-12-9-6-3)64-58(61)52-49-46-43-40-37-34-30-26-23-20-17-14-11-8-5-2/h15-16,18-20,23-25,27-28,31,33,39,42,55H,4-14,17,21-22,26,29-30,32,34-38,40-41,43-54H2,1-3H3/b18-15+,19-16+,23-20+,27-24+,28-25+,33-31+,42-39+/t55-/m1/s1. The lowest BCUT2D eigenvalue weighted by atomic mass is 10.1. The van der Waals surface area contributed by atoms with Gasteiger partial charge in [-0.05, 0) is 109 Å². The quantitative estimate of drug-likeness (QED) is 0.0262. The largest absolute Gasteiger partial charge is 0.462 e. The predicted octanol–water partition coefficient (Wildman–Crippen LogP) is 17.6. The van der Waals surface area contributed by atoms with Gasteiger partial charge in [0.15, 0.2) is 6.10 Å². The molecule has 0 saturated carbocycles. The fraction of sp³-hybridized carbons (Fsp3) is 0.707. The minimum Gasteiger partial charge on any atom is -0.462 e. The van der Waals surface area contributed by atoms with Gasteiger partial charge in [-0.3, -0.25) is 14.4 Å². The molecule has 0 aliphatic rings. The minimum atomic E-state index is -0.806. The summed E-state index contributed by atoms with van der Waals surface area (Å²) in [4.78, 5) is 38.0. The van der Waals surface area contributed by atoms with Crippen LogP contribution >= 0.6 is 0 Å². The van der Waals surface area contributed by atoms with Crippen molar-refractivity contribution in [3.8, 4) is 0 Å². The first-order chi connectivity index (χ1) is 31.5. The molecule has 0 bridgehead atoms. The van der Waals surface area contributed by atoms with Crippen molar-refractivity contribution >= 4 is 17.9 Å². The molecule has 0 aromatic carbocycles. The van der Waals surface area contributed by atoms with E-state index < -0.39 is 6.10 Å². The second-order valence-electron chi connectivity index (χ2n) is 17.4. The summed E-state index contributed by atoms with van der Waals surface area (Å²) >= 11 is 0. The van der Waals surface area contributed by atoms with Crippen molar-refractivity contribution < 1.29 is 28.6 Å². The summed E-state index contributed by atoms with van der Waals surface area (Å²) in [5.41, 5.74) is 0. The molecule has 0 amide bonds. The van der Waals surface area contributed by atoms with Crippen LogP contribution in [0.15, 0.2) is 85.1 Å².